The molecule has 3 heterocycles. The Kier molecular flexibility index (Phi) is 7.42. The third-order valence-corrected chi connectivity index (χ3v) is 5.29. The number of piperidine rings is 1. The maximum atomic E-state index is 5.40. The first kappa shape index (κ1) is 20.0. The molecule has 2 aliphatic heterocycles. The highest BCUT2D eigenvalue weighted by atomic mass is 32.1. The second-order valence-electron chi connectivity index (χ2n) is 7.10. The minimum Gasteiger partial charge on any atom is -0.481 e. The molecule has 3 rings (SSSR count). The summed E-state index contributed by atoms with van der Waals surface area (Å²) >= 11 is 5.40. The van der Waals surface area contributed by atoms with Gasteiger partial charge < -0.3 is 25.0 Å². The lowest BCUT2D eigenvalue weighted by molar-refractivity contribution is 0.0389. The van der Waals surface area contributed by atoms with Gasteiger partial charge in [0.1, 0.15) is 5.82 Å². The predicted molar refractivity (Wildman–Crippen MR) is 111 cm³/mol. The minimum atomic E-state index is 0.465. The topological polar surface area (TPSA) is 74.8 Å². The molecule has 0 radical (unpaired) electrons. The first-order chi connectivity index (χ1) is 13.1. The van der Waals surface area contributed by atoms with Gasteiger partial charge in [0.25, 0.3) is 0 Å². The standard InChI is InChI=1S/C18H30N6O2S/c1-14-3-6-24(7-4-14)15-13-16(25-2)21-17(20-15)22-18(27)19-5-8-23-9-11-26-12-10-23/h13-14H,3-12H2,1-2H3,(H2,19,20,21,22,27). The Hall–Kier alpha value is -1.71. The van der Waals surface area contributed by atoms with E-state index in [2.05, 4.69) is 37.3 Å². The SMILES string of the molecule is COc1cc(N2CCC(C)CC2)nc(NC(=S)NCCN2CCOCC2)n1. The fourth-order valence-electron chi connectivity index (χ4n) is 3.27. The summed E-state index contributed by atoms with van der Waals surface area (Å²) in [5.74, 6) is 2.65. The Balaban J connectivity index is 1.53. The van der Waals surface area contributed by atoms with Crippen LogP contribution in [0.1, 0.15) is 19.8 Å². The van der Waals surface area contributed by atoms with Crippen LogP contribution in [-0.2, 0) is 4.74 Å². The highest BCUT2D eigenvalue weighted by Gasteiger charge is 2.19. The second-order valence-corrected chi connectivity index (χ2v) is 7.50. The molecule has 0 bridgehead atoms. The van der Waals surface area contributed by atoms with Gasteiger partial charge in [0, 0.05) is 45.3 Å². The molecular formula is C18H30N6O2S. The summed E-state index contributed by atoms with van der Waals surface area (Å²) in [6, 6.07) is 1.88. The van der Waals surface area contributed by atoms with Crippen molar-refractivity contribution in [3.05, 3.63) is 6.07 Å². The van der Waals surface area contributed by atoms with E-state index in [-0.39, 0.29) is 0 Å². The maximum Gasteiger partial charge on any atom is 0.234 e. The van der Waals surface area contributed by atoms with Gasteiger partial charge in [0.05, 0.1) is 20.3 Å². The summed E-state index contributed by atoms with van der Waals surface area (Å²) in [6.07, 6.45) is 2.35. The molecule has 150 valence electrons. The quantitative estimate of drug-likeness (QED) is 0.695. The normalized spacial score (nSPS) is 19.0. The molecule has 0 saturated carbocycles. The van der Waals surface area contributed by atoms with Crippen LogP contribution in [0.25, 0.3) is 0 Å². The average molecular weight is 395 g/mol. The van der Waals surface area contributed by atoms with Crippen LogP contribution in [0.2, 0.25) is 0 Å². The zero-order valence-electron chi connectivity index (χ0n) is 16.2. The molecule has 1 aromatic heterocycles. The number of morpholine rings is 1. The molecule has 0 atom stereocenters. The van der Waals surface area contributed by atoms with Gasteiger partial charge in [-0.15, -0.1) is 0 Å². The summed E-state index contributed by atoms with van der Waals surface area (Å²) in [5.41, 5.74) is 0. The smallest absolute Gasteiger partial charge is 0.234 e. The van der Waals surface area contributed by atoms with Crippen molar-refractivity contribution in [1.29, 1.82) is 0 Å². The molecule has 2 N–H and O–H groups in total. The van der Waals surface area contributed by atoms with Gasteiger partial charge in [-0.25, -0.2) is 0 Å². The zero-order valence-corrected chi connectivity index (χ0v) is 17.1. The van der Waals surface area contributed by atoms with Crippen molar-refractivity contribution < 1.29 is 9.47 Å². The van der Waals surface area contributed by atoms with E-state index in [4.69, 9.17) is 21.7 Å². The number of methoxy groups -OCH3 is 1. The molecule has 9 heteroatoms. The first-order valence-corrected chi connectivity index (χ1v) is 10.1. The fourth-order valence-corrected chi connectivity index (χ4v) is 3.46. The van der Waals surface area contributed by atoms with E-state index in [9.17, 15) is 0 Å². The predicted octanol–water partition coefficient (Wildman–Crippen LogP) is 1.34. The molecule has 2 fully saturated rings. The Morgan fingerprint density at radius 3 is 2.70 bits per heavy atom. The number of rotatable bonds is 6. The molecule has 2 aliphatic rings. The van der Waals surface area contributed by atoms with E-state index in [1.807, 2.05) is 6.07 Å². The third-order valence-electron chi connectivity index (χ3n) is 5.05. The van der Waals surface area contributed by atoms with Gasteiger partial charge in [0.15, 0.2) is 5.11 Å². The van der Waals surface area contributed by atoms with E-state index < -0.39 is 0 Å². The molecule has 8 nitrogen and oxygen atoms in total. The summed E-state index contributed by atoms with van der Waals surface area (Å²) in [5, 5.41) is 6.84. The molecule has 1 aromatic rings. The van der Waals surface area contributed by atoms with E-state index in [1.165, 1.54) is 12.8 Å². The minimum absolute atomic E-state index is 0.465. The highest BCUT2D eigenvalue weighted by molar-refractivity contribution is 7.80. The first-order valence-electron chi connectivity index (χ1n) is 9.67. The van der Waals surface area contributed by atoms with Crippen LogP contribution < -0.4 is 20.3 Å². The second kappa shape index (κ2) is 10.0. The fraction of sp³-hybridized carbons (Fsp3) is 0.722. The number of nitrogens with zero attached hydrogens (tertiary/aromatic N) is 4. The number of thiocarbonyl (C=S) groups is 1. The molecule has 0 spiro atoms. The van der Waals surface area contributed by atoms with Crippen LogP contribution >= 0.6 is 12.2 Å². The molecular weight excluding hydrogens is 364 g/mol. The van der Waals surface area contributed by atoms with Gasteiger partial charge >= 0.3 is 0 Å². The Morgan fingerprint density at radius 1 is 1.26 bits per heavy atom. The lowest BCUT2D eigenvalue weighted by atomic mass is 9.99. The van der Waals surface area contributed by atoms with Crippen molar-refractivity contribution in [1.82, 2.24) is 20.2 Å². The summed E-state index contributed by atoms with van der Waals surface area (Å²) < 4.78 is 10.7. The van der Waals surface area contributed by atoms with Crippen LogP contribution in [0.5, 0.6) is 5.88 Å². The Bertz CT molecular complexity index is 618. The van der Waals surface area contributed by atoms with Gasteiger partial charge in [-0.1, -0.05) is 6.92 Å². The maximum absolute atomic E-state index is 5.40. The van der Waals surface area contributed by atoms with E-state index in [0.717, 1.165) is 64.2 Å². The van der Waals surface area contributed by atoms with Gasteiger partial charge in [-0.05, 0) is 31.0 Å². The monoisotopic (exact) mass is 394 g/mol. The van der Waals surface area contributed by atoms with Crippen LogP contribution in [0.3, 0.4) is 0 Å². The number of anilines is 2. The highest BCUT2D eigenvalue weighted by Crippen LogP contribution is 2.24. The molecule has 27 heavy (non-hydrogen) atoms. The van der Waals surface area contributed by atoms with Gasteiger partial charge in [-0.2, -0.15) is 9.97 Å². The van der Waals surface area contributed by atoms with Crippen molar-refractivity contribution in [2.24, 2.45) is 5.92 Å². The van der Waals surface area contributed by atoms with Crippen LogP contribution in [0, 0.1) is 5.92 Å². The van der Waals surface area contributed by atoms with Crippen LogP contribution in [0.15, 0.2) is 6.07 Å². The van der Waals surface area contributed by atoms with Crippen molar-refractivity contribution >= 4 is 29.1 Å². The van der Waals surface area contributed by atoms with E-state index >= 15 is 0 Å². The van der Waals surface area contributed by atoms with Crippen LogP contribution in [0.4, 0.5) is 11.8 Å². The summed E-state index contributed by atoms with van der Waals surface area (Å²) in [6.45, 7) is 9.56. The number of nitrogens with one attached hydrogen (secondary N) is 2. The van der Waals surface area contributed by atoms with Crippen molar-refractivity contribution in [3.8, 4) is 5.88 Å². The number of hydrogen-bond acceptors (Lipinski definition) is 7. The van der Waals surface area contributed by atoms with Crippen LogP contribution in [-0.4, -0.2) is 79.6 Å². The zero-order chi connectivity index (χ0) is 19.1. The average Bonchev–Trinajstić information content (AvgIpc) is 2.69. The largest absolute Gasteiger partial charge is 0.481 e. The summed E-state index contributed by atoms with van der Waals surface area (Å²) in [4.78, 5) is 13.7. The van der Waals surface area contributed by atoms with Crippen molar-refractivity contribution in [2.45, 2.75) is 19.8 Å². The number of aromatic nitrogens is 2. The van der Waals surface area contributed by atoms with E-state index in [0.29, 0.717) is 16.9 Å². The third kappa shape index (κ3) is 6.15. The van der Waals surface area contributed by atoms with E-state index in [1.54, 1.807) is 7.11 Å². The number of ether oxygens (including phenoxy) is 2. The molecule has 0 amide bonds. The molecule has 2 saturated heterocycles. The van der Waals surface area contributed by atoms with Gasteiger partial charge in [0.2, 0.25) is 11.8 Å². The lowest BCUT2D eigenvalue weighted by Gasteiger charge is -2.31. The lowest BCUT2D eigenvalue weighted by Crippen LogP contribution is -2.42. The molecule has 0 unspecified atom stereocenters. The molecule has 0 aromatic carbocycles. The van der Waals surface area contributed by atoms with Gasteiger partial charge in [-0.3, -0.25) is 4.90 Å². The molecule has 0 aliphatic carbocycles. The number of hydrogen-bond donors (Lipinski definition) is 2. The van der Waals surface area contributed by atoms with Crippen molar-refractivity contribution in [3.63, 3.8) is 0 Å². The van der Waals surface area contributed by atoms with Crippen molar-refractivity contribution in [2.75, 3.05) is 69.8 Å². The Labute approximate surface area is 166 Å². The Morgan fingerprint density at radius 2 is 2.00 bits per heavy atom. The summed E-state index contributed by atoms with van der Waals surface area (Å²) in [7, 11) is 1.62.